The van der Waals surface area contributed by atoms with Crippen molar-refractivity contribution in [2.75, 3.05) is 26.2 Å². The first kappa shape index (κ1) is 23.7. The molecule has 3 aromatic carbocycles. The molecular formula is C25H21F5N2O2. The number of ether oxygens (including phenoxy) is 1. The van der Waals surface area contributed by atoms with Crippen LogP contribution in [0.3, 0.4) is 0 Å². The second-order valence-electron chi connectivity index (χ2n) is 7.98. The summed E-state index contributed by atoms with van der Waals surface area (Å²) in [7, 11) is 0. The van der Waals surface area contributed by atoms with Gasteiger partial charge in [-0.1, -0.05) is 24.3 Å². The van der Waals surface area contributed by atoms with E-state index in [1.165, 1.54) is 12.1 Å². The number of halogens is 5. The lowest BCUT2D eigenvalue weighted by Crippen LogP contribution is -2.48. The standard InChI is InChI=1S/C25H21F5N2O2/c26-19-3-1-2-17(12-19)14-31-8-10-32(11-9-31)25(33)18-6-4-16(5-7-18)15-34-24-22(29)20(27)13-21(28)23(24)30/h1-7,12-13H,8-11,14-15H2. The van der Waals surface area contributed by atoms with Crippen LogP contribution in [0, 0.1) is 29.1 Å². The number of benzene rings is 3. The second-order valence-corrected chi connectivity index (χ2v) is 7.98. The van der Waals surface area contributed by atoms with E-state index in [1.54, 1.807) is 35.2 Å². The van der Waals surface area contributed by atoms with E-state index in [2.05, 4.69) is 4.90 Å². The summed E-state index contributed by atoms with van der Waals surface area (Å²) < 4.78 is 72.3. The highest BCUT2D eigenvalue weighted by Crippen LogP contribution is 2.27. The van der Waals surface area contributed by atoms with E-state index in [0.717, 1.165) is 5.56 Å². The maximum atomic E-state index is 13.7. The number of rotatable bonds is 6. The van der Waals surface area contributed by atoms with Crippen LogP contribution in [0.25, 0.3) is 0 Å². The Bertz CT molecular complexity index is 1150. The summed E-state index contributed by atoms with van der Waals surface area (Å²) in [6, 6.07) is 12.7. The summed E-state index contributed by atoms with van der Waals surface area (Å²) in [5.41, 5.74) is 1.76. The van der Waals surface area contributed by atoms with Crippen molar-refractivity contribution in [1.29, 1.82) is 0 Å². The van der Waals surface area contributed by atoms with Crippen LogP contribution in [-0.2, 0) is 13.2 Å². The van der Waals surface area contributed by atoms with Gasteiger partial charge in [-0.15, -0.1) is 0 Å². The maximum Gasteiger partial charge on any atom is 0.253 e. The zero-order chi connectivity index (χ0) is 24.2. The molecule has 1 saturated heterocycles. The van der Waals surface area contributed by atoms with Gasteiger partial charge in [0.15, 0.2) is 17.4 Å². The topological polar surface area (TPSA) is 32.8 Å². The molecule has 1 fully saturated rings. The molecule has 0 spiro atoms. The fourth-order valence-electron chi connectivity index (χ4n) is 3.76. The quantitative estimate of drug-likeness (QED) is 0.374. The number of carbonyl (C=O) groups is 1. The van der Waals surface area contributed by atoms with Crippen LogP contribution in [0.15, 0.2) is 54.6 Å². The molecule has 1 aliphatic rings. The fourth-order valence-corrected chi connectivity index (χ4v) is 3.76. The first-order valence-electron chi connectivity index (χ1n) is 10.6. The molecule has 34 heavy (non-hydrogen) atoms. The first-order valence-corrected chi connectivity index (χ1v) is 10.6. The molecule has 1 aliphatic heterocycles. The third-order valence-corrected chi connectivity index (χ3v) is 5.61. The van der Waals surface area contributed by atoms with Crippen molar-refractivity contribution in [1.82, 2.24) is 9.80 Å². The van der Waals surface area contributed by atoms with Crippen molar-refractivity contribution in [3.63, 3.8) is 0 Å². The lowest BCUT2D eigenvalue weighted by atomic mass is 10.1. The summed E-state index contributed by atoms with van der Waals surface area (Å²) >= 11 is 0. The van der Waals surface area contributed by atoms with E-state index in [4.69, 9.17) is 4.74 Å². The molecule has 0 unspecified atom stereocenters. The summed E-state index contributed by atoms with van der Waals surface area (Å²) in [6.07, 6.45) is 0. The van der Waals surface area contributed by atoms with Crippen molar-refractivity contribution in [2.45, 2.75) is 13.2 Å². The highest BCUT2D eigenvalue weighted by Gasteiger charge is 2.23. The molecule has 0 bridgehead atoms. The molecule has 1 heterocycles. The SMILES string of the molecule is O=C(c1ccc(COc2c(F)c(F)cc(F)c2F)cc1)N1CCN(Cc2cccc(F)c2)CC1. The van der Waals surface area contributed by atoms with Crippen LogP contribution in [-0.4, -0.2) is 41.9 Å². The monoisotopic (exact) mass is 476 g/mol. The van der Waals surface area contributed by atoms with Gasteiger partial charge in [0.1, 0.15) is 12.4 Å². The first-order chi connectivity index (χ1) is 16.3. The van der Waals surface area contributed by atoms with Gasteiger partial charge in [0.05, 0.1) is 0 Å². The number of hydrogen-bond donors (Lipinski definition) is 0. The highest BCUT2D eigenvalue weighted by molar-refractivity contribution is 5.94. The van der Waals surface area contributed by atoms with E-state index < -0.39 is 29.0 Å². The van der Waals surface area contributed by atoms with Crippen molar-refractivity contribution in [3.05, 3.63) is 100 Å². The van der Waals surface area contributed by atoms with Crippen LogP contribution in [0.4, 0.5) is 22.0 Å². The van der Waals surface area contributed by atoms with Crippen LogP contribution in [0.5, 0.6) is 5.75 Å². The predicted molar refractivity (Wildman–Crippen MR) is 115 cm³/mol. The van der Waals surface area contributed by atoms with E-state index in [0.29, 0.717) is 43.9 Å². The lowest BCUT2D eigenvalue weighted by molar-refractivity contribution is 0.0628. The van der Waals surface area contributed by atoms with Gasteiger partial charge in [-0.2, -0.15) is 8.78 Å². The van der Waals surface area contributed by atoms with Gasteiger partial charge in [-0.05, 0) is 35.4 Å². The van der Waals surface area contributed by atoms with Crippen molar-refractivity contribution in [3.8, 4) is 5.75 Å². The molecule has 0 aliphatic carbocycles. The minimum absolute atomic E-state index is 0.110. The molecule has 0 aromatic heterocycles. The molecule has 0 atom stereocenters. The summed E-state index contributed by atoms with van der Waals surface area (Å²) in [5, 5.41) is 0. The van der Waals surface area contributed by atoms with Crippen LogP contribution in [0.2, 0.25) is 0 Å². The molecule has 0 radical (unpaired) electrons. The number of carbonyl (C=O) groups excluding carboxylic acids is 1. The molecule has 178 valence electrons. The molecule has 3 aromatic rings. The van der Waals surface area contributed by atoms with E-state index >= 15 is 0 Å². The van der Waals surface area contributed by atoms with Gasteiger partial charge in [0, 0.05) is 44.4 Å². The van der Waals surface area contributed by atoms with E-state index in [9.17, 15) is 26.7 Å². The molecule has 9 heteroatoms. The third kappa shape index (κ3) is 5.36. The second kappa shape index (κ2) is 10.2. The smallest absolute Gasteiger partial charge is 0.253 e. The average Bonchev–Trinajstić information content (AvgIpc) is 2.83. The maximum absolute atomic E-state index is 13.7. The Hall–Kier alpha value is -3.46. The van der Waals surface area contributed by atoms with Crippen molar-refractivity contribution >= 4 is 5.91 Å². The zero-order valence-electron chi connectivity index (χ0n) is 18.0. The van der Waals surface area contributed by atoms with Crippen LogP contribution in [0.1, 0.15) is 21.5 Å². The molecule has 4 nitrogen and oxygen atoms in total. The lowest BCUT2D eigenvalue weighted by Gasteiger charge is -2.34. The number of amides is 1. The molecule has 1 amide bonds. The summed E-state index contributed by atoms with van der Waals surface area (Å²) in [5.74, 6) is -7.89. The number of nitrogens with zero attached hydrogens (tertiary/aromatic N) is 2. The fraction of sp³-hybridized carbons (Fsp3) is 0.240. The minimum atomic E-state index is -1.61. The molecular weight excluding hydrogens is 455 g/mol. The Balaban J connectivity index is 1.31. The van der Waals surface area contributed by atoms with Gasteiger partial charge < -0.3 is 9.64 Å². The summed E-state index contributed by atoms with van der Waals surface area (Å²) in [4.78, 5) is 16.7. The Morgan fingerprint density at radius 3 is 2.06 bits per heavy atom. The van der Waals surface area contributed by atoms with Crippen molar-refractivity contribution in [2.24, 2.45) is 0 Å². The average molecular weight is 476 g/mol. The Morgan fingerprint density at radius 2 is 1.44 bits per heavy atom. The number of hydrogen-bond acceptors (Lipinski definition) is 3. The molecule has 4 rings (SSSR count). The van der Waals surface area contributed by atoms with Gasteiger partial charge >= 0.3 is 0 Å². The zero-order valence-corrected chi connectivity index (χ0v) is 18.0. The van der Waals surface area contributed by atoms with Gasteiger partial charge in [0.25, 0.3) is 5.91 Å². The van der Waals surface area contributed by atoms with Crippen LogP contribution < -0.4 is 4.74 Å². The molecule has 0 N–H and O–H groups in total. The van der Waals surface area contributed by atoms with Gasteiger partial charge in [-0.3, -0.25) is 9.69 Å². The number of piperazine rings is 1. The minimum Gasteiger partial charge on any atom is -0.483 e. The normalized spacial score (nSPS) is 14.3. The molecule has 0 saturated carbocycles. The Kier molecular flexibility index (Phi) is 7.12. The van der Waals surface area contributed by atoms with Crippen LogP contribution >= 0.6 is 0 Å². The third-order valence-electron chi connectivity index (χ3n) is 5.61. The Labute approximate surface area is 193 Å². The van der Waals surface area contributed by atoms with E-state index in [1.807, 2.05) is 6.07 Å². The summed E-state index contributed by atoms with van der Waals surface area (Å²) in [6.45, 7) is 2.59. The predicted octanol–water partition coefficient (Wildman–Crippen LogP) is 4.92. The van der Waals surface area contributed by atoms with Gasteiger partial charge in [0.2, 0.25) is 11.6 Å². The Morgan fingerprint density at radius 1 is 0.794 bits per heavy atom. The largest absolute Gasteiger partial charge is 0.483 e. The van der Waals surface area contributed by atoms with E-state index in [-0.39, 0.29) is 24.4 Å². The van der Waals surface area contributed by atoms with Gasteiger partial charge in [-0.25, -0.2) is 13.2 Å². The highest BCUT2D eigenvalue weighted by atomic mass is 19.2. The van der Waals surface area contributed by atoms with Crippen molar-refractivity contribution < 1.29 is 31.5 Å².